The Morgan fingerprint density at radius 3 is 2.63 bits per heavy atom. The second-order valence-corrected chi connectivity index (χ2v) is 7.13. The molecule has 0 bridgehead atoms. The first-order valence-electron chi connectivity index (χ1n) is 7.09. The highest BCUT2D eigenvalue weighted by atomic mass is 32.2. The lowest BCUT2D eigenvalue weighted by atomic mass is 10.4. The molecule has 1 saturated heterocycles. The maximum absolute atomic E-state index is 12.4. The van der Waals surface area contributed by atoms with E-state index in [2.05, 4.69) is 10.2 Å². The minimum absolute atomic E-state index is 0.571. The number of hydrogen-bond acceptors (Lipinski definition) is 4. The molecule has 0 amide bonds. The zero-order chi connectivity index (χ0) is 14.3. The third-order valence-corrected chi connectivity index (χ3v) is 5.46. The van der Waals surface area contributed by atoms with Crippen molar-refractivity contribution in [2.75, 3.05) is 59.9 Å². The van der Waals surface area contributed by atoms with E-state index in [0.717, 1.165) is 39.0 Å². The normalized spacial score (nSPS) is 19.8. The Morgan fingerprint density at radius 2 is 1.95 bits per heavy atom. The first-order valence-corrected chi connectivity index (χ1v) is 8.49. The van der Waals surface area contributed by atoms with Gasteiger partial charge in [0.2, 0.25) is 0 Å². The highest BCUT2D eigenvalue weighted by molar-refractivity contribution is 7.86. The van der Waals surface area contributed by atoms with Crippen LogP contribution in [0.25, 0.3) is 0 Å². The molecule has 0 saturated carbocycles. The zero-order valence-corrected chi connectivity index (χ0v) is 13.2. The molecule has 0 unspecified atom stereocenters. The quantitative estimate of drug-likeness (QED) is 0.660. The summed E-state index contributed by atoms with van der Waals surface area (Å²) in [5, 5.41) is 3.21. The van der Waals surface area contributed by atoms with Gasteiger partial charge in [0.1, 0.15) is 0 Å². The Labute approximate surface area is 117 Å². The standard InChI is InChI=1S/C12H28N4O2S/c1-4-13-7-5-9-15(3)19(17,18)16-10-6-8-14(2)11-12-16/h13H,4-12H2,1-3H3. The maximum Gasteiger partial charge on any atom is 0.281 e. The fraction of sp³-hybridized carbons (Fsp3) is 1.00. The van der Waals surface area contributed by atoms with Crippen molar-refractivity contribution in [3.05, 3.63) is 0 Å². The molecular weight excluding hydrogens is 264 g/mol. The first kappa shape index (κ1) is 16.8. The fourth-order valence-corrected chi connectivity index (χ4v) is 3.60. The molecule has 0 spiro atoms. The van der Waals surface area contributed by atoms with Crippen LogP contribution in [-0.2, 0) is 10.2 Å². The largest absolute Gasteiger partial charge is 0.317 e. The van der Waals surface area contributed by atoms with Gasteiger partial charge < -0.3 is 10.2 Å². The molecule has 1 N–H and O–H groups in total. The second-order valence-electron chi connectivity index (χ2n) is 5.09. The van der Waals surface area contributed by atoms with Crippen molar-refractivity contribution in [3.8, 4) is 0 Å². The molecule has 7 heteroatoms. The molecule has 0 atom stereocenters. The number of hydrogen-bond donors (Lipinski definition) is 1. The van der Waals surface area contributed by atoms with E-state index in [1.807, 2.05) is 14.0 Å². The van der Waals surface area contributed by atoms with Crippen LogP contribution in [0.3, 0.4) is 0 Å². The van der Waals surface area contributed by atoms with Gasteiger partial charge in [0.05, 0.1) is 0 Å². The molecular formula is C12H28N4O2S. The van der Waals surface area contributed by atoms with Crippen LogP contribution in [0.15, 0.2) is 0 Å². The lowest BCUT2D eigenvalue weighted by Gasteiger charge is -2.26. The summed E-state index contributed by atoms with van der Waals surface area (Å²) in [5.41, 5.74) is 0. The van der Waals surface area contributed by atoms with E-state index in [-0.39, 0.29) is 0 Å². The Kier molecular flexibility index (Phi) is 7.23. The highest BCUT2D eigenvalue weighted by Crippen LogP contribution is 2.10. The molecule has 0 aromatic rings. The van der Waals surface area contributed by atoms with Crippen LogP contribution in [0.1, 0.15) is 19.8 Å². The van der Waals surface area contributed by atoms with Crippen molar-refractivity contribution in [3.63, 3.8) is 0 Å². The van der Waals surface area contributed by atoms with E-state index < -0.39 is 10.2 Å². The Morgan fingerprint density at radius 1 is 1.21 bits per heavy atom. The van der Waals surface area contributed by atoms with Crippen molar-refractivity contribution in [1.82, 2.24) is 18.8 Å². The molecule has 1 heterocycles. The molecule has 0 aromatic heterocycles. The van der Waals surface area contributed by atoms with E-state index >= 15 is 0 Å². The van der Waals surface area contributed by atoms with E-state index in [0.29, 0.717) is 19.6 Å². The van der Waals surface area contributed by atoms with Crippen LogP contribution < -0.4 is 5.32 Å². The molecule has 1 aliphatic heterocycles. The molecule has 0 radical (unpaired) electrons. The zero-order valence-electron chi connectivity index (χ0n) is 12.4. The van der Waals surface area contributed by atoms with Crippen molar-refractivity contribution < 1.29 is 8.42 Å². The van der Waals surface area contributed by atoms with Gasteiger partial charge in [-0.05, 0) is 39.5 Å². The molecule has 114 valence electrons. The van der Waals surface area contributed by atoms with E-state index in [1.165, 1.54) is 4.31 Å². The van der Waals surface area contributed by atoms with Crippen molar-refractivity contribution in [2.24, 2.45) is 0 Å². The molecule has 1 fully saturated rings. The average Bonchev–Trinajstić information content (AvgIpc) is 2.59. The molecule has 1 rings (SSSR count). The summed E-state index contributed by atoms with van der Waals surface area (Å²) in [7, 11) is 0.431. The SMILES string of the molecule is CCNCCCN(C)S(=O)(=O)N1CCCN(C)CC1. The van der Waals surface area contributed by atoms with Crippen LogP contribution in [0.4, 0.5) is 0 Å². The number of nitrogens with zero attached hydrogens (tertiary/aromatic N) is 3. The predicted octanol–water partition coefficient (Wildman–Crippen LogP) is -0.200. The lowest BCUT2D eigenvalue weighted by molar-refractivity contribution is 0.335. The van der Waals surface area contributed by atoms with Crippen molar-refractivity contribution in [2.45, 2.75) is 19.8 Å². The van der Waals surface area contributed by atoms with Crippen LogP contribution in [0.2, 0.25) is 0 Å². The third-order valence-electron chi connectivity index (χ3n) is 3.48. The summed E-state index contributed by atoms with van der Waals surface area (Å²) in [6, 6.07) is 0. The summed E-state index contributed by atoms with van der Waals surface area (Å²) >= 11 is 0. The predicted molar refractivity (Wildman–Crippen MR) is 78.4 cm³/mol. The van der Waals surface area contributed by atoms with E-state index in [1.54, 1.807) is 11.4 Å². The Hall–Kier alpha value is -0.210. The molecule has 0 aromatic carbocycles. The Balaban J connectivity index is 2.48. The van der Waals surface area contributed by atoms with Crippen LogP contribution in [0.5, 0.6) is 0 Å². The van der Waals surface area contributed by atoms with E-state index in [4.69, 9.17) is 0 Å². The van der Waals surface area contributed by atoms with Crippen molar-refractivity contribution in [1.29, 1.82) is 0 Å². The smallest absolute Gasteiger partial charge is 0.281 e. The average molecular weight is 292 g/mol. The summed E-state index contributed by atoms with van der Waals surface area (Å²) in [4.78, 5) is 2.18. The lowest BCUT2D eigenvalue weighted by Crippen LogP contribution is -2.44. The minimum atomic E-state index is -3.28. The second kappa shape index (κ2) is 8.16. The van der Waals surface area contributed by atoms with Crippen molar-refractivity contribution >= 4 is 10.2 Å². The first-order chi connectivity index (χ1) is 8.98. The highest BCUT2D eigenvalue weighted by Gasteiger charge is 2.27. The maximum atomic E-state index is 12.4. The number of nitrogens with one attached hydrogen (secondary N) is 1. The van der Waals surface area contributed by atoms with Gasteiger partial charge in [-0.1, -0.05) is 6.92 Å². The topological polar surface area (TPSA) is 55.9 Å². The summed E-state index contributed by atoms with van der Waals surface area (Å²) in [6.07, 6.45) is 1.75. The monoisotopic (exact) mass is 292 g/mol. The summed E-state index contributed by atoms with van der Waals surface area (Å²) in [6.45, 7) is 7.41. The van der Waals surface area contributed by atoms with Gasteiger partial charge in [-0.25, -0.2) is 0 Å². The molecule has 0 aliphatic carbocycles. The number of likely N-dealkylation sites (N-methyl/N-ethyl adjacent to an activating group) is 1. The van der Waals surface area contributed by atoms with Gasteiger partial charge in [0, 0.05) is 33.2 Å². The van der Waals surface area contributed by atoms with Gasteiger partial charge >= 0.3 is 0 Å². The molecule has 19 heavy (non-hydrogen) atoms. The minimum Gasteiger partial charge on any atom is -0.317 e. The summed E-state index contributed by atoms with van der Waals surface area (Å²) < 4.78 is 27.9. The van der Waals surface area contributed by atoms with Gasteiger partial charge in [0.15, 0.2) is 0 Å². The van der Waals surface area contributed by atoms with Gasteiger partial charge in [0.25, 0.3) is 10.2 Å². The van der Waals surface area contributed by atoms with Gasteiger partial charge in [-0.15, -0.1) is 0 Å². The van der Waals surface area contributed by atoms with Gasteiger partial charge in [-0.3, -0.25) is 0 Å². The number of rotatable bonds is 7. The van der Waals surface area contributed by atoms with Crippen LogP contribution >= 0.6 is 0 Å². The molecule has 6 nitrogen and oxygen atoms in total. The van der Waals surface area contributed by atoms with Crippen LogP contribution in [-0.4, -0.2) is 81.8 Å². The van der Waals surface area contributed by atoms with E-state index in [9.17, 15) is 8.42 Å². The molecule has 1 aliphatic rings. The summed E-state index contributed by atoms with van der Waals surface area (Å²) in [5.74, 6) is 0. The third kappa shape index (κ3) is 5.35. The fourth-order valence-electron chi connectivity index (χ4n) is 2.17. The van der Waals surface area contributed by atoms with Crippen LogP contribution in [0, 0.1) is 0 Å². The Bertz CT molecular complexity index is 348. The van der Waals surface area contributed by atoms with Gasteiger partial charge in [-0.2, -0.15) is 17.0 Å².